The summed E-state index contributed by atoms with van der Waals surface area (Å²) in [6.45, 7) is 4.43. The molecule has 2 aromatic rings. The molecule has 116 valence electrons. The summed E-state index contributed by atoms with van der Waals surface area (Å²) in [5.41, 5.74) is 4.38. The van der Waals surface area contributed by atoms with Crippen molar-refractivity contribution < 1.29 is 4.79 Å². The molecule has 3 rings (SSSR count). The molecule has 0 saturated heterocycles. The minimum Gasteiger partial charge on any atom is -0.347 e. The largest absolute Gasteiger partial charge is 0.347 e. The van der Waals surface area contributed by atoms with E-state index in [0.717, 1.165) is 0 Å². The highest BCUT2D eigenvalue weighted by atomic mass is 16.1. The van der Waals surface area contributed by atoms with Crippen molar-refractivity contribution in [2.75, 3.05) is 11.9 Å². The van der Waals surface area contributed by atoms with Crippen molar-refractivity contribution in [3.05, 3.63) is 89.6 Å². The molecule has 23 heavy (non-hydrogen) atoms. The average Bonchev–Trinajstić information content (AvgIpc) is 2.76. The van der Waals surface area contributed by atoms with Gasteiger partial charge in [0.25, 0.3) is 0 Å². The Balaban J connectivity index is 1.86. The number of nitrogens with zero attached hydrogens (tertiary/aromatic N) is 1. The Hall–Kier alpha value is -2.61. The van der Waals surface area contributed by atoms with Crippen LogP contribution in [0, 0.1) is 0 Å². The van der Waals surface area contributed by atoms with Crippen LogP contribution in [0.1, 0.15) is 29.8 Å². The van der Waals surface area contributed by atoms with Gasteiger partial charge in [-0.15, -0.1) is 0 Å². The van der Waals surface area contributed by atoms with E-state index in [1.54, 1.807) is 6.08 Å². The second-order valence-electron chi connectivity index (χ2n) is 6.34. The Kier molecular flexibility index (Phi) is 3.91. The molecular formula is C21H21NO. The van der Waals surface area contributed by atoms with Crippen molar-refractivity contribution in [1.29, 1.82) is 0 Å². The predicted octanol–water partition coefficient (Wildman–Crippen LogP) is 4.74. The zero-order valence-corrected chi connectivity index (χ0v) is 13.8. The number of ketones is 1. The van der Waals surface area contributed by atoms with Gasteiger partial charge in [-0.3, -0.25) is 4.79 Å². The van der Waals surface area contributed by atoms with E-state index in [-0.39, 0.29) is 11.2 Å². The Morgan fingerprint density at radius 3 is 2.35 bits per heavy atom. The van der Waals surface area contributed by atoms with Crippen LogP contribution in [0.25, 0.3) is 0 Å². The fraction of sp³-hybridized carbons (Fsp3) is 0.190. The van der Waals surface area contributed by atoms with Crippen molar-refractivity contribution in [3.8, 4) is 0 Å². The third-order valence-electron chi connectivity index (χ3n) is 4.50. The van der Waals surface area contributed by atoms with Crippen LogP contribution >= 0.6 is 0 Å². The van der Waals surface area contributed by atoms with Gasteiger partial charge in [0.05, 0.1) is 0 Å². The van der Waals surface area contributed by atoms with Crippen molar-refractivity contribution in [2.24, 2.45) is 0 Å². The fourth-order valence-corrected chi connectivity index (χ4v) is 3.23. The number of allylic oxidation sites excluding steroid dienone is 4. The number of carbonyl (C=O) groups excluding carboxylic acids is 1. The lowest BCUT2D eigenvalue weighted by Gasteiger charge is -2.23. The van der Waals surface area contributed by atoms with Crippen molar-refractivity contribution in [3.63, 3.8) is 0 Å². The summed E-state index contributed by atoms with van der Waals surface area (Å²) in [5, 5.41) is 0. The van der Waals surface area contributed by atoms with Gasteiger partial charge in [-0.25, -0.2) is 0 Å². The summed E-state index contributed by atoms with van der Waals surface area (Å²) in [6.07, 6.45) is 5.53. The molecule has 0 aliphatic carbocycles. The molecule has 2 heteroatoms. The second-order valence-corrected chi connectivity index (χ2v) is 6.34. The van der Waals surface area contributed by atoms with Gasteiger partial charge in [0.15, 0.2) is 5.78 Å². The number of carbonyl (C=O) groups is 1. The number of anilines is 1. The summed E-state index contributed by atoms with van der Waals surface area (Å²) < 4.78 is 0. The maximum atomic E-state index is 12.1. The van der Waals surface area contributed by atoms with E-state index in [4.69, 9.17) is 0 Å². The average molecular weight is 303 g/mol. The number of para-hydroxylation sites is 1. The number of rotatable bonds is 3. The minimum atomic E-state index is -0.0640. The second kappa shape index (κ2) is 5.88. The van der Waals surface area contributed by atoms with E-state index in [2.05, 4.69) is 50.1 Å². The minimum absolute atomic E-state index is 0.0263. The molecule has 0 amide bonds. The SMILES string of the molecule is CN1/C(=C\C=C\C(=O)c2ccccc2)C(C)(C)c2ccccc21. The fourth-order valence-electron chi connectivity index (χ4n) is 3.23. The summed E-state index contributed by atoms with van der Waals surface area (Å²) in [4.78, 5) is 14.4. The third kappa shape index (κ3) is 2.72. The lowest BCUT2D eigenvalue weighted by atomic mass is 9.84. The van der Waals surface area contributed by atoms with Gasteiger partial charge >= 0.3 is 0 Å². The molecule has 2 nitrogen and oxygen atoms in total. The number of hydrogen-bond acceptors (Lipinski definition) is 2. The summed E-state index contributed by atoms with van der Waals surface area (Å²) in [7, 11) is 2.08. The highest BCUT2D eigenvalue weighted by Crippen LogP contribution is 2.46. The highest BCUT2D eigenvalue weighted by molar-refractivity contribution is 6.04. The zero-order valence-electron chi connectivity index (χ0n) is 13.8. The van der Waals surface area contributed by atoms with Gasteiger partial charge < -0.3 is 4.90 Å². The van der Waals surface area contributed by atoms with Gasteiger partial charge in [0, 0.05) is 29.4 Å². The first-order valence-electron chi connectivity index (χ1n) is 7.83. The molecule has 0 aromatic heterocycles. The van der Waals surface area contributed by atoms with E-state index < -0.39 is 0 Å². The number of benzene rings is 2. The standard InChI is InChI=1S/C21H21NO/c1-21(2)17-12-7-8-13-18(17)22(3)20(21)15-9-14-19(23)16-10-5-4-6-11-16/h4-15H,1-3H3/b14-9+,20-15-. The predicted molar refractivity (Wildman–Crippen MR) is 95.9 cm³/mol. The molecule has 2 aromatic carbocycles. The third-order valence-corrected chi connectivity index (χ3v) is 4.50. The quantitative estimate of drug-likeness (QED) is 0.603. The lowest BCUT2D eigenvalue weighted by molar-refractivity contribution is 0.104. The van der Waals surface area contributed by atoms with Crippen LogP contribution < -0.4 is 4.90 Å². The Morgan fingerprint density at radius 2 is 1.65 bits per heavy atom. The Morgan fingerprint density at radius 1 is 1.00 bits per heavy atom. The number of fused-ring (bicyclic) bond motifs is 1. The van der Waals surface area contributed by atoms with Gasteiger partial charge in [-0.1, -0.05) is 68.5 Å². The van der Waals surface area contributed by atoms with Gasteiger partial charge in [-0.2, -0.15) is 0 Å². The van der Waals surface area contributed by atoms with Gasteiger partial charge in [0.2, 0.25) is 0 Å². The summed E-state index contributed by atoms with van der Waals surface area (Å²) in [6, 6.07) is 17.8. The first-order chi connectivity index (χ1) is 11.0. The van der Waals surface area contributed by atoms with Gasteiger partial charge in [0.1, 0.15) is 0 Å². The summed E-state index contributed by atoms with van der Waals surface area (Å²) in [5.74, 6) is 0.0263. The van der Waals surface area contributed by atoms with E-state index >= 15 is 0 Å². The highest BCUT2D eigenvalue weighted by Gasteiger charge is 2.37. The van der Waals surface area contributed by atoms with Crippen molar-refractivity contribution in [2.45, 2.75) is 19.3 Å². The number of likely N-dealkylation sites (N-methyl/N-ethyl adjacent to an activating group) is 1. The smallest absolute Gasteiger partial charge is 0.185 e. The molecular weight excluding hydrogens is 282 g/mol. The molecule has 1 heterocycles. The molecule has 0 fully saturated rings. The van der Waals surface area contributed by atoms with Crippen LogP contribution in [0.15, 0.2) is 78.5 Å². The summed E-state index contributed by atoms with van der Waals surface area (Å²) >= 11 is 0. The zero-order chi connectivity index (χ0) is 16.4. The Bertz CT molecular complexity index is 784. The maximum Gasteiger partial charge on any atom is 0.185 e. The van der Waals surface area contributed by atoms with Crippen LogP contribution in [0.2, 0.25) is 0 Å². The molecule has 0 N–H and O–H groups in total. The van der Waals surface area contributed by atoms with Crippen LogP contribution in [-0.2, 0) is 5.41 Å². The Labute approximate surface area is 137 Å². The normalized spacial score (nSPS) is 17.7. The maximum absolute atomic E-state index is 12.1. The van der Waals surface area contributed by atoms with E-state index in [9.17, 15) is 4.79 Å². The molecule has 0 atom stereocenters. The molecule has 1 aliphatic heterocycles. The van der Waals surface area contributed by atoms with Crippen molar-refractivity contribution >= 4 is 11.5 Å². The molecule has 0 saturated carbocycles. The van der Waals surface area contributed by atoms with Gasteiger partial charge in [-0.05, 0) is 23.8 Å². The van der Waals surface area contributed by atoms with Crippen molar-refractivity contribution in [1.82, 2.24) is 0 Å². The van der Waals surface area contributed by atoms with Crippen LogP contribution in [0.4, 0.5) is 5.69 Å². The van der Waals surface area contributed by atoms with E-state index in [1.165, 1.54) is 16.9 Å². The van der Waals surface area contributed by atoms with Crippen LogP contribution in [0.3, 0.4) is 0 Å². The lowest BCUT2D eigenvalue weighted by Crippen LogP contribution is -2.22. The molecule has 0 spiro atoms. The molecule has 0 bridgehead atoms. The van der Waals surface area contributed by atoms with E-state index in [0.29, 0.717) is 5.56 Å². The van der Waals surface area contributed by atoms with Crippen LogP contribution in [0.5, 0.6) is 0 Å². The number of hydrogen-bond donors (Lipinski definition) is 0. The van der Waals surface area contributed by atoms with E-state index in [1.807, 2.05) is 42.5 Å². The first kappa shape index (κ1) is 15.3. The molecule has 0 radical (unpaired) electrons. The monoisotopic (exact) mass is 303 g/mol. The molecule has 1 aliphatic rings. The van der Waals surface area contributed by atoms with Crippen LogP contribution in [-0.4, -0.2) is 12.8 Å². The first-order valence-corrected chi connectivity index (χ1v) is 7.83. The molecule has 0 unspecified atom stereocenters. The topological polar surface area (TPSA) is 20.3 Å².